The molecule has 0 aromatic heterocycles. The molecule has 0 radical (unpaired) electrons. The summed E-state index contributed by atoms with van der Waals surface area (Å²) in [6.07, 6.45) is 10.9. The van der Waals surface area contributed by atoms with Crippen molar-refractivity contribution in [3.63, 3.8) is 0 Å². The van der Waals surface area contributed by atoms with E-state index >= 15 is 0 Å². The molecule has 7 aliphatic rings. The van der Waals surface area contributed by atoms with Crippen molar-refractivity contribution in [2.45, 2.75) is 95.3 Å². The lowest BCUT2D eigenvalue weighted by molar-refractivity contribution is 0.0426. The Kier molecular flexibility index (Phi) is 6.84. The van der Waals surface area contributed by atoms with Crippen LogP contribution in [0.15, 0.2) is 127 Å². The second-order valence-corrected chi connectivity index (χ2v) is 20.7. The van der Waals surface area contributed by atoms with Crippen LogP contribution >= 0.6 is 0 Å². The lowest BCUT2D eigenvalue weighted by atomic mass is 9.49. The van der Waals surface area contributed by atoms with E-state index in [1.807, 2.05) is 0 Å². The fraction of sp³-hybridized carbons (Fsp3) is 0.368. The molecular formula is C57H55N. The number of anilines is 3. The van der Waals surface area contributed by atoms with Crippen molar-refractivity contribution >= 4 is 17.1 Å². The zero-order valence-corrected chi connectivity index (χ0v) is 34.7. The van der Waals surface area contributed by atoms with Crippen LogP contribution in [-0.4, -0.2) is 0 Å². The SMILES string of the molecule is C[C@@H]1CC2C[C@@H](C1)[C@@]1(c3ccccc3-c3ccc(N(c4ccc5c(c4)C(C)(C)c4ccccc4-5)c4cccc5c4-c4ccccc4[C@@]54CC5CC[C@H]4C5)cc31)[C@@H](C)C2. The molecule has 6 aromatic rings. The Hall–Kier alpha value is -4.88. The van der Waals surface area contributed by atoms with Crippen molar-refractivity contribution in [2.24, 2.45) is 35.5 Å². The van der Waals surface area contributed by atoms with Gasteiger partial charge in [-0.15, -0.1) is 0 Å². The number of nitrogens with zero attached hydrogens (tertiary/aromatic N) is 1. The van der Waals surface area contributed by atoms with E-state index in [4.69, 9.17) is 0 Å². The molecule has 4 fully saturated rings. The van der Waals surface area contributed by atoms with Gasteiger partial charge in [-0.25, -0.2) is 0 Å². The molecule has 7 aliphatic carbocycles. The summed E-state index contributed by atoms with van der Waals surface area (Å²) >= 11 is 0. The monoisotopic (exact) mass is 753 g/mol. The van der Waals surface area contributed by atoms with Gasteiger partial charge in [0.05, 0.1) is 5.69 Å². The van der Waals surface area contributed by atoms with Crippen molar-refractivity contribution < 1.29 is 0 Å². The number of hydrogen-bond acceptors (Lipinski definition) is 1. The average molecular weight is 754 g/mol. The van der Waals surface area contributed by atoms with Crippen LogP contribution in [0.3, 0.4) is 0 Å². The van der Waals surface area contributed by atoms with Crippen molar-refractivity contribution in [3.05, 3.63) is 161 Å². The molecule has 13 rings (SSSR count). The minimum Gasteiger partial charge on any atom is -0.310 e. The molecule has 58 heavy (non-hydrogen) atoms. The average Bonchev–Trinajstić information content (AvgIpc) is 4.03. The quantitative estimate of drug-likeness (QED) is 0.174. The van der Waals surface area contributed by atoms with Gasteiger partial charge in [-0.1, -0.05) is 131 Å². The number of rotatable bonds is 3. The molecule has 4 saturated carbocycles. The third kappa shape index (κ3) is 4.14. The zero-order chi connectivity index (χ0) is 38.7. The topological polar surface area (TPSA) is 3.24 Å². The van der Waals surface area contributed by atoms with Gasteiger partial charge >= 0.3 is 0 Å². The predicted molar refractivity (Wildman–Crippen MR) is 240 cm³/mol. The number of fused-ring (bicyclic) bond motifs is 19. The van der Waals surface area contributed by atoms with Gasteiger partial charge < -0.3 is 4.90 Å². The number of benzene rings is 6. The highest BCUT2D eigenvalue weighted by Crippen LogP contribution is 2.68. The van der Waals surface area contributed by atoms with E-state index in [0.717, 1.165) is 23.7 Å². The fourth-order valence-electron chi connectivity index (χ4n) is 15.7. The maximum absolute atomic E-state index is 2.71. The summed E-state index contributed by atoms with van der Waals surface area (Å²) in [5, 5.41) is 0. The van der Waals surface area contributed by atoms with Gasteiger partial charge in [-0.2, -0.15) is 0 Å². The minimum absolute atomic E-state index is 0.0404. The Balaban J connectivity index is 1.07. The molecule has 1 nitrogen and oxygen atoms in total. The molecule has 0 heterocycles. The second-order valence-electron chi connectivity index (χ2n) is 20.7. The molecule has 2 unspecified atom stereocenters. The molecule has 1 heteroatoms. The Labute approximate surface area is 345 Å². The standard InChI is InChI=1S/C57H55N/c1-34-26-37-28-35(2)57(39(27-34)30-37)49-17-10-6-13-43(49)45-25-23-41(32-52(45)57)58(40-22-24-44-42-12-5-8-15-47(42)55(3,4)51(44)31-40)53-19-11-18-50-54(53)46-14-7-9-16-48(46)56(50)33-36-20-21-38(56)29-36/h5-19,22-25,31-32,34-39H,20-21,26-30,33H2,1-4H3/t34-,35+,36?,37?,38+,39-,56+,57-/m1/s1. The van der Waals surface area contributed by atoms with Crippen LogP contribution < -0.4 is 4.90 Å². The highest BCUT2D eigenvalue weighted by Gasteiger charge is 2.58. The first-order valence-corrected chi connectivity index (χ1v) is 22.8. The van der Waals surface area contributed by atoms with Gasteiger partial charge in [-0.05, 0) is 172 Å². The van der Waals surface area contributed by atoms with E-state index < -0.39 is 0 Å². The van der Waals surface area contributed by atoms with E-state index in [-0.39, 0.29) is 16.2 Å². The van der Waals surface area contributed by atoms with E-state index in [2.05, 4.69) is 160 Å². The van der Waals surface area contributed by atoms with Gasteiger partial charge in [0, 0.05) is 33.2 Å². The fourth-order valence-corrected chi connectivity index (χ4v) is 15.7. The summed E-state index contributed by atoms with van der Waals surface area (Å²) in [7, 11) is 0. The van der Waals surface area contributed by atoms with Gasteiger partial charge in [0.1, 0.15) is 0 Å². The Morgan fingerprint density at radius 2 is 1.10 bits per heavy atom. The highest BCUT2D eigenvalue weighted by molar-refractivity contribution is 5.97. The van der Waals surface area contributed by atoms with Gasteiger partial charge in [0.25, 0.3) is 0 Å². The largest absolute Gasteiger partial charge is 0.310 e. The molecule has 0 saturated heterocycles. The van der Waals surface area contributed by atoms with Gasteiger partial charge in [0.15, 0.2) is 0 Å². The zero-order valence-electron chi connectivity index (χ0n) is 34.7. The van der Waals surface area contributed by atoms with E-state index in [0.29, 0.717) is 11.8 Å². The molecule has 288 valence electrons. The van der Waals surface area contributed by atoms with E-state index in [9.17, 15) is 0 Å². The van der Waals surface area contributed by atoms with E-state index in [1.54, 1.807) is 22.3 Å². The maximum Gasteiger partial charge on any atom is 0.0543 e. The van der Waals surface area contributed by atoms with Crippen molar-refractivity contribution in [2.75, 3.05) is 4.90 Å². The Bertz CT molecular complexity index is 2710. The van der Waals surface area contributed by atoms with Crippen molar-refractivity contribution in [3.8, 4) is 33.4 Å². The molecular weight excluding hydrogens is 699 g/mol. The summed E-state index contributed by atoms with van der Waals surface area (Å²) < 4.78 is 0. The molecule has 0 N–H and O–H groups in total. The summed E-state index contributed by atoms with van der Waals surface area (Å²) in [6, 6.07) is 50.8. The number of hydrogen-bond donors (Lipinski definition) is 0. The van der Waals surface area contributed by atoms with Crippen LogP contribution in [0.4, 0.5) is 17.1 Å². The van der Waals surface area contributed by atoms with Crippen LogP contribution in [0.25, 0.3) is 33.4 Å². The summed E-state index contributed by atoms with van der Waals surface area (Å²) in [6.45, 7) is 10.0. The summed E-state index contributed by atoms with van der Waals surface area (Å²) in [5.41, 5.74) is 21.9. The minimum atomic E-state index is -0.0820. The Morgan fingerprint density at radius 3 is 1.84 bits per heavy atom. The Morgan fingerprint density at radius 1 is 0.483 bits per heavy atom. The van der Waals surface area contributed by atoms with Crippen LogP contribution in [0.5, 0.6) is 0 Å². The van der Waals surface area contributed by atoms with E-state index in [1.165, 1.54) is 113 Å². The molecule has 8 atom stereocenters. The van der Waals surface area contributed by atoms with Crippen LogP contribution in [0.1, 0.15) is 112 Å². The molecule has 2 spiro atoms. The van der Waals surface area contributed by atoms with Crippen LogP contribution in [-0.2, 0) is 16.2 Å². The first-order chi connectivity index (χ1) is 28.3. The predicted octanol–water partition coefficient (Wildman–Crippen LogP) is 14.9. The van der Waals surface area contributed by atoms with Crippen LogP contribution in [0, 0.1) is 35.5 Å². The summed E-state index contributed by atoms with van der Waals surface area (Å²) in [5.74, 6) is 4.48. The highest BCUT2D eigenvalue weighted by atomic mass is 15.1. The third-order valence-electron chi connectivity index (χ3n) is 17.6. The third-order valence-corrected chi connectivity index (χ3v) is 17.6. The maximum atomic E-state index is 2.71. The smallest absolute Gasteiger partial charge is 0.0543 e. The normalized spacial score (nSPS) is 30.8. The molecule has 4 bridgehead atoms. The first-order valence-electron chi connectivity index (χ1n) is 22.8. The molecule has 0 aliphatic heterocycles. The second kappa shape index (κ2) is 11.7. The van der Waals surface area contributed by atoms with Crippen molar-refractivity contribution in [1.82, 2.24) is 0 Å². The summed E-state index contributed by atoms with van der Waals surface area (Å²) in [4.78, 5) is 2.71. The lowest BCUT2D eigenvalue weighted by Crippen LogP contribution is -2.49. The van der Waals surface area contributed by atoms with Gasteiger partial charge in [0.2, 0.25) is 0 Å². The van der Waals surface area contributed by atoms with Gasteiger partial charge in [-0.3, -0.25) is 0 Å². The van der Waals surface area contributed by atoms with Crippen molar-refractivity contribution in [1.29, 1.82) is 0 Å². The van der Waals surface area contributed by atoms with Crippen LogP contribution in [0.2, 0.25) is 0 Å². The molecule has 0 amide bonds. The lowest BCUT2D eigenvalue weighted by Gasteiger charge is -2.54. The first kappa shape index (κ1) is 34.0. The molecule has 6 aromatic carbocycles.